The number of carbonyl (C=O) groups is 1. The maximum absolute atomic E-state index is 13.1. The van der Waals surface area contributed by atoms with Crippen LogP contribution in [-0.4, -0.2) is 61.0 Å². The molecule has 2 fully saturated rings. The fourth-order valence-electron chi connectivity index (χ4n) is 4.79. The van der Waals surface area contributed by atoms with Gasteiger partial charge in [-0.25, -0.2) is 4.39 Å². The zero-order valence-electron chi connectivity index (χ0n) is 17.9. The molecular formula is C25H32FN3O. The minimum atomic E-state index is -0.230. The Hall–Kier alpha value is -2.40. The first kappa shape index (κ1) is 20.9. The first-order chi connectivity index (χ1) is 14.6. The van der Waals surface area contributed by atoms with Gasteiger partial charge in [0, 0.05) is 57.4 Å². The predicted octanol–water partition coefficient (Wildman–Crippen LogP) is 3.88. The molecule has 30 heavy (non-hydrogen) atoms. The number of carbonyl (C=O) groups excluding carboxylic acids is 1. The van der Waals surface area contributed by atoms with Gasteiger partial charge in [-0.2, -0.15) is 0 Å². The number of rotatable bonds is 5. The second-order valence-corrected chi connectivity index (χ2v) is 8.57. The van der Waals surface area contributed by atoms with Crippen molar-refractivity contribution in [1.82, 2.24) is 9.80 Å². The maximum atomic E-state index is 13.1. The van der Waals surface area contributed by atoms with Crippen LogP contribution in [0.15, 0.2) is 48.5 Å². The van der Waals surface area contributed by atoms with Crippen molar-refractivity contribution in [3.8, 4) is 0 Å². The summed E-state index contributed by atoms with van der Waals surface area (Å²) >= 11 is 0. The molecule has 5 heteroatoms. The summed E-state index contributed by atoms with van der Waals surface area (Å²) in [5, 5.41) is 0. The number of aryl methyl sites for hydroxylation is 2. The van der Waals surface area contributed by atoms with Crippen molar-refractivity contribution in [2.45, 2.75) is 38.6 Å². The Labute approximate surface area is 179 Å². The average molecular weight is 410 g/mol. The first-order valence-electron chi connectivity index (χ1n) is 11.2. The molecular weight excluding hydrogens is 377 g/mol. The quantitative estimate of drug-likeness (QED) is 0.750. The van der Waals surface area contributed by atoms with E-state index in [-0.39, 0.29) is 11.7 Å². The lowest BCUT2D eigenvalue weighted by atomic mass is 10.0. The topological polar surface area (TPSA) is 26.8 Å². The lowest BCUT2D eigenvalue weighted by molar-refractivity contribution is -0.133. The van der Waals surface area contributed by atoms with Crippen LogP contribution in [-0.2, 0) is 11.2 Å². The minimum Gasteiger partial charge on any atom is -0.369 e. The Morgan fingerprint density at radius 2 is 1.73 bits per heavy atom. The Morgan fingerprint density at radius 3 is 2.47 bits per heavy atom. The van der Waals surface area contributed by atoms with Gasteiger partial charge in [-0.15, -0.1) is 0 Å². The number of halogens is 1. The molecule has 0 aromatic heterocycles. The third-order valence-electron chi connectivity index (χ3n) is 6.58. The van der Waals surface area contributed by atoms with Crippen LogP contribution in [0.25, 0.3) is 0 Å². The summed E-state index contributed by atoms with van der Waals surface area (Å²) in [4.78, 5) is 19.9. The van der Waals surface area contributed by atoms with Crippen LogP contribution in [0.5, 0.6) is 0 Å². The molecule has 2 aromatic rings. The molecule has 0 N–H and O–H groups in total. The molecule has 4 rings (SSSR count). The zero-order chi connectivity index (χ0) is 20.9. The van der Waals surface area contributed by atoms with Gasteiger partial charge in [0.05, 0.1) is 0 Å². The molecule has 2 heterocycles. The average Bonchev–Trinajstić information content (AvgIpc) is 2.79. The summed E-state index contributed by atoms with van der Waals surface area (Å²) in [6.07, 6.45) is 3.42. The molecule has 0 saturated carbocycles. The summed E-state index contributed by atoms with van der Waals surface area (Å²) in [7, 11) is 0. The van der Waals surface area contributed by atoms with E-state index in [1.54, 1.807) is 12.1 Å². The van der Waals surface area contributed by atoms with Gasteiger partial charge in [-0.1, -0.05) is 30.3 Å². The van der Waals surface area contributed by atoms with E-state index in [0.717, 1.165) is 51.3 Å². The van der Waals surface area contributed by atoms with Crippen molar-refractivity contribution in [3.63, 3.8) is 0 Å². The van der Waals surface area contributed by atoms with Gasteiger partial charge in [0.1, 0.15) is 5.82 Å². The van der Waals surface area contributed by atoms with Crippen LogP contribution in [0, 0.1) is 12.7 Å². The summed E-state index contributed by atoms with van der Waals surface area (Å²) in [5.74, 6) is -0.00552. The number of benzene rings is 2. The van der Waals surface area contributed by atoms with Crippen molar-refractivity contribution in [2.75, 3.05) is 44.2 Å². The number of piperidine rings is 1. The van der Waals surface area contributed by atoms with E-state index in [4.69, 9.17) is 0 Å². The van der Waals surface area contributed by atoms with E-state index < -0.39 is 0 Å². The van der Waals surface area contributed by atoms with Gasteiger partial charge in [-0.05, 0) is 55.5 Å². The summed E-state index contributed by atoms with van der Waals surface area (Å²) in [6.45, 7) is 8.07. The molecule has 2 aromatic carbocycles. The second-order valence-electron chi connectivity index (χ2n) is 8.57. The number of likely N-dealkylation sites (tertiary alicyclic amines) is 1. The molecule has 1 amide bonds. The molecule has 160 valence electrons. The van der Waals surface area contributed by atoms with Gasteiger partial charge in [0.2, 0.25) is 5.91 Å². The van der Waals surface area contributed by atoms with Crippen LogP contribution in [0.1, 0.15) is 30.4 Å². The Morgan fingerprint density at radius 1 is 1.00 bits per heavy atom. The van der Waals surface area contributed by atoms with Crippen molar-refractivity contribution in [2.24, 2.45) is 0 Å². The molecule has 1 atom stereocenters. The predicted molar refractivity (Wildman–Crippen MR) is 119 cm³/mol. The van der Waals surface area contributed by atoms with E-state index >= 15 is 0 Å². The van der Waals surface area contributed by atoms with E-state index in [2.05, 4.69) is 41.0 Å². The monoisotopic (exact) mass is 409 g/mol. The molecule has 2 aliphatic heterocycles. The SMILES string of the molecule is Cc1ccccc1N1CCN([C@H]2CCCN(C(=O)CCc3ccc(F)cc3)C2)CC1. The lowest BCUT2D eigenvalue weighted by Crippen LogP contribution is -2.56. The Balaban J connectivity index is 1.27. The van der Waals surface area contributed by atoms with Crippen LogP contribution < -0.4 is 4.90 Å². The second kappa shape index (κ2) is 9.61. The highest BCUT2D eigenvalue weighted by Crippen LogP contribution is 2.23. The molecule has 4 nitrogen and oxygen atoms in total. The van der Waals surface area contributed by atoms with Gasteiger partial charge >= 0.3 is 0 Å². The molecule has 0 unspecified atom stereocenters. The number of piperazine rings is 1. The van der Waals surface area contributed by atoms with Crippen LogP contribution in [0.3, 0.4) is 0 Å². The largest absolute Gasteiger partial charge is 0.369 e. The van der Waals surface area contributed by atoms with Crippen molar-refractivity contribution in [3.05, 3.63) is 65.5 Å². The number of amides is 1. The van der Waals surface area contributed by atoms with E-state index in [1.807, 2.05) is 4.90 Å². The summed E-state index contributed by atoms with van der Waals surface area (Å²) < 4.78 is 13.1. The van der Waals surface area contributed by atoms with Crippen LogP contribution >= 0.6 is 0 Å². The smallest absolute Gasteiger partial charge is 0.222 e. The third kappa shape index (κ3) is 5.01. The molecule has 2 saturated heterocycles. The fraction of sp³-hybridized carbons (Fsp3) is 0.480. The van der Waals surface area contributed by atoms with Gasteiger partial charge in [0.15, 0.2) is 0 Å². The van der Waals surface area contributed by atoms with Gasteiger partial charge in [-0.3, -0.25) is 9.69 Å². The highest BCUT2D eigenvalue weighted by atomic mass is 19.1. The molecule has 0 bridgehead atoms. The lowest BCUT2D eigenvalue weighted by Gasteiger charge is -2.44. The van der Waals surface area contributed by atoms with E-state index in [0.29, 0.717) is 18.9 Å². The van der Waals surface area contributed by atoms with Gasteiger partial charge in [0.25, 0.3) is 0 Å². The van der Waals surface area contributed by atoms with Crippen LogP contribution in [0.4, 0.5) is 10.1 Å². The Kier molecular flexibility index (Phi) is 6.68. The molecule has 0 spiro atoms. The van der Waals surface area contributed by atoms with Crippen molar-refractivity contribution in [1.29, 1.82) is 0 Å². The number of nitrogens with zero attached hydrogens (tertiary/aromatic N) is 3. The van der Waals surface area contributed by atoms with Gasteiger partial charge < -0.3 is 9.80 Å². The number of para-hydroxylation sites is 1. The van der Waals surface area contributed by atoms with Crippen molar-refractivity contribution < 1.29 is 9.18 Å². The third-order valence-corrected chi connectivity index (χ3v) is 6.58. The standard InChI is InChI=1S/C25H32FN3O/c1-20-5-2-3-7-24(20)28-17-15-27(16-18-28)23-6-4-14-29(19-23)25(30)13-10-21-8-11-22(26)12-9-21/h2-3,5,7-9,11-12,23H,4,6,10,13-19H2,1H3/t23-/m0/s1. The fourth-order valence-corrected chi connectivity index (χ4v) is 4.79. The highest BCUT2D eigenvalue weighted by molar-refractivity contribution is 5.76. The highest BCUT2D eigenvalue weighted by Gasteiger charge is 2.30. The number of anilines is 1. The number of hydrogen-bond acceptors (Lipinski definition) is 3. The van der Waals surface area contributed by atoms with Crippen LogP contribution in [0.2, 0.25) is 0 Å². The van der Waals surface area contributed by atoms with E-state index in [1.165, 1.54) is 29.8 Å². The normalized spacial score (nSPS) is 20.4. The first-order valence-corrected chi connectivity index (χ1v) is 11.2. The molecule has 2 aliphatic rings. The number of hydrogen-bond donors (Lipinski definition) is 0. The van der Waals surface area contributed by atoms with E-state index in [9.17, 15) is 9.18 Å². The zero-order valence-corrected chi connectivity index (χ0v) is 17.9. The Bertz CT molecular complexity index is 846. The van der Waals surface area contributed by atoms with Crippen molar-refractivity contribution >= 4 is 11.6 Å². The summed E-state index contributed by atoms with van der Waals surface area (Å²) in [5.41, 5.74) is 3.70. The molecule has 0 aliphatic carbocycles. The summed E-state index contributed by atoms with van der Waals surface area (Å²) in [6, 6.07) is 15.5. The minimum absolute atomic E-state index is 0.225. The molecule has 0 radical (unpaired) electrons. The maximum Gasteiger partial charge on any atom is 0.222 e.